The summed E-state index contributed by atoms with van der Waals surface area (Å²) < 4.78 is 40.5. The molecule has 0 aliphatic heterocycles. The molecule has 1 atom stereocenters. The molecule has 0 saturated carbocycles. The van der Waals surface area contributed by atoms with Gasteiger partial charge in [0.05, 0.1) is 4.90 Å². The van der Waals surface area contributed by atoms with Gasteiger partial charge >= 0.3 is 0 Å². The van der Waals surface area contributed by atoms with Crippen LogP contribution in [0.15, 0.2) is 47.4 Å². The van der Waals surface area contributed by atoms with Crippen LogP contribution in [0.2, 0.25) is 0 Å². The first kappa shape index (κ1) is 15.7. The van der Waals surface area contributed by atoms with Gasteiger partial charge in [-0.25, -0.2) is 17.5 Å². The molecule has 0 bridgehead atoms. The Kier molecular flexibility index (Phi) is 4.44. The molecular formula is C16H18FNO2S. The minimum absolute atomic E-state index is 0.275. The normalized spacial score (nSPS) is 13.1. The molecule has 2 rings (SSSR count). The van der Waals surface area contributed by atoms with Crippen molar-refractivity contribution in [2.24, 2.45) is 0 Å². The fourth-order valence-corrected chi connectivity index (χ4v) is 3.67. The van der Waals surface area contributed by atoms with Crippen molar-refractivity contribution in [1.29, 1.82) is 0 Å². The van der Waals surface area contributed by atoms with Crippen LogP contribution in [0.25, 0.3) is 0 Å². The Balaban J connectivity index is 2.28. The van der Waals surface area contributed by atoms with Gasteiger partial charge in [0.1, 0.15) is 5.82 Å². The van der Waals surface area contributed by atoms with Gasteiger partial charge in [-0.1, -0.05) is 24.3 Å². The predicted octanol–water partition coefficient (Wildman–Crippen LogP) is 3.48. The zero-order valence-corrected chi connectivity index (χ0v) is 13.0. The molecule has 112 valence electrons. The minimum atomic E-state index is -3.61. The predicted molar refractivity (Wildman–Crippen MR) is 81.1 cm³/mol. The van der Waals surface area contributed by atoms with Gasteiger partial charge in [0.25, 0.3) is 0 Å². The highest BCUT2D eigenvalue weighted by atomic mass is 32.2. The number of sulfonamides is 1. The van der Waals surface area contributed by atoms with E-state index in [1.165, 1.54) is 12.1 Å². The van der Waals surface area contributed by atoms with E-state index >= 15 is 0 Å². The van der Waals surface area contributed by atoms with Crippen molar-refractivity contribution in [3.8, 4) is 0 Å². The molecule has 0 aromatic heterocycles. The molecular weight excluding hydrogens is 289 g/mol. The monoisotopic (exact) mass is 307 g/mol. The first-order valence-electron chi connectivity index (χ1n) is 6.64. The molecule has 21 heavy (non-hydrogen) atoms. The molecule has 0 radical (unpaired) electrons. The summed E-state index contributed by atoms with van der Waals surface area (Å²) in [4.78, 5) is 0.275. The van der Waals surface area contributed by atoms with Crippen LogP contribution in [0.3, 0.4) is 0 Å². The van der Waals surface area contributed by atoms with Crippen molar-refractivity contribution >= 4 is 10.0 Å². The zero-order chi connectivity index (χ0) is 15.6. The minimum Gasteiger partial charge on any atom is -0.207 e. The third-order valence-corrected chi connectivity index (χ3v) is 5.02. The van der Waals surface area contributed by atoms with Crippen LogP contribution in [0.4, 0.5) is 4.39 Å². The summed E-state index contributed by atoms with van der Waals surface area (Å²) in [6.45, 7) is 5.34. The largest absolute Gasteiger partial charge is 0.241 e. The van der Waals surface area contributed by atoms with Crippen LogP contribution >= 0.6 is 0 Å². The second kappa shape index (κ2) is 5.95. The molecule has 0 aliphatic carbocycles. The Hall–Kier alpha value is -1.72. The molecule has 5 heteroatoms. The van der Waals surface area contributed by atoms with Gasteiger partial charge in [0.15, 0.2) is 0 Å². The molecule has 2 aromatic rings. The quantitative estimate of drug-likeness (QED) is 0.940. The van der Waals surface area contributed by atoms with E-state index in [0.29, 0.717) is 11.1 Å². The van der Waals surface area contributed by atoms with Crippen LogP contribution < -0.4 is 4.72 Å². The average molecular weight is 307 g/mol. The Morgan fingerprint density at radius 3 is 2.29 bits per heavy atom. The van der Waals surface area contributed by atoms with Crippen molar-refractivity contribution in [3.05, 3.63) is 65.0 Å². The van der Waals surface area contributed by atoms with Crippen molar-refractivity contribution < 1.29 is 12.8 Å². The molecule has 1 unspecified atom stereocenters. The highest BCUT2D eigenvalue weighted by molar-refractivity contribution is 7.89. The van der Waals surface area contributed by atoms with E-state index in [9.17, 15) is 12.8 Å². The van der Waals surface area contributed by atoms with Gasteiger partial charge < -0.3 is 0 Å². The topological polar surface area (TPSA) is 46.2 Å². The van der Waals surface area contributed by atoms with E-state index in [-0.39, 0.29) is 10.7 Å². The Labute approximate surface area is 124 Å². The van der Waals surface area contributed by atoms with Gasteiger partial charge in [-0.05, 0) is 55.7 Å². The van der Waals surface area contributed by atoms with E-state index < -0.39 is 16.1 Å². The average Bonchev–Trinajstić information content (AvgIpc) is 2.41. The summed E-state index contributed by atoms with van der Waals surface area (Å²) in [5.41, 5.74) is 2.29. The lowest BCUT2D eigenvalue weighted by Gasteiger charge is -2.16. The molecule has 1 N–H and O–H groups in total. The molecule has 0 amide bonds. The summed E-state index contributed by atoms with van der Waals surface area (Å²) >= 11 is 0. The van der Waals surface area contributed by atoms with Crippen molar-refractivity contribution in [2.75, 3.05) is 0 Å². The van der Waals surface area contributed by atoms with E-state index in [2.05, 4.69) is 4.72 Å². The van der Waals surface area contributed by atoms with Crippen LogP contribution in [-0.4, -0.2) is 8.42 Å². The summed E-state index contributed by atoms with van der Waals surface area (Å²) in [5, 5.41) is 0. The van der Waals surface area contributed by atoms with Crippen LogP contribution in [0, 0.1) is 19.7 Å². The SMILES string of the molecule is Cc1ccc(C)c(S(=O)(=O)NC(C)c2ccc(F)cc2)c1. The lowest BCUT2D eigenvalue weighted by Crippen LogP contribution is -2.27. The Bertz CT molecular complexity index is 739. The van der Waals surface area contributed by atoms with Crippen molar-refractivity contribution in [3.63, 3.8) is 0 Å². The second-order valence-corrected chi connectivity index (χ2v) is 6.85. The van der Waals surface area contributed by atoms with Gasteiger partial charge in [0.2, 0.25) is 10.0 Å². The number of benzene rings is 2. The number of halogens is 1. The lowest BCUT2D eigenvalue weighted by molar-refractivity contribution is 0.565. The Morgan fingerprint density at radius 2 is 1.67 bits per heavy atom. The molecule has 0 fully saturated rings. The fraction of sp³-hybridized carbons (Fsp3) is 0.250. The molecule has 0 heterocycles. The summed E-state index contributed by atoms with van der Waals surface area (Å²) in [6, 6.07) is 10.7. The standard InChI is InChI=1S/C16H18FNO2S/c1-11-4-5-12(2)16(10-11)21(19,20)18-13(3)14-6-8-15(17)9-7-14/h4-10,13,18H,1-3H3. The van der Waals surface area contributed by atoms with Crippen molar-refractivity contribution in [1.82, 2.24) is 4.72 Å². The number of rotatable bonds is 4. The van der Waals surface area contributed by atoms with E-state index in [0.717, 1.165) is 5.56 Å². The lowest BCUT2D eigenvalue weighted by atomic mass is 10.1. The number of hydrogen-bond donors (Lipinski definition) is 1. The van der Waals surface area contributed by atoms with Crippen LogP contribution in [0.1, 0.15) is 29.7 Å². The molecule has 2 aromatic carbocycles. The summed E-state index contributed by atoms with van der Waals surface area (Å²) in [6.07, 6.45) is 0. The van der Waals surface area contributed by atoms with Crippen LogP contribution in [-0.2, 0) is 10.0 Å². The second-order valence-electron chi connectivity index (χ2n) is 5.16. The smallest absolute Gasteiger partial charge is 0.207 e. The third-order valence-electron chi connectivity index (χ3n) is 3.34. The van der Waals surface area contributed by atoms with Gasteiger partial charge in [-0.15, -0.1) is 0 Å². The van der Waals surface area contributed by atoms with E-state index in [1.54, 1.807) is 38.1 Å². The first-order chi connectivity index (χ1) is 9.79. The molecule has 3 nitrogen and oxygen atoms in total. The molecule has 0 saturated heterocycles. The molecule has 0 spiro atoms. The van der Waals surface area contributed by atoms with E-state index in [1.807, 2.05) is 13.0 Å². The molecule has 0 aliphatic rings. The van der Waals surface area contributed by atoms with Gasteiger partial charge in [0, 0.05) is 6.04 Å². The Morgan fingerprint density at radius 1 is 1.05 bits per heavy atom. The number of aryl methyl sites for hydroxylation is 2. The first-order valence-corrected chi connectivity index (χ1v) is 8.13. The van der Waals surface area contributed by atoms with Crippen molar-refractivity contribution in [2.45, 2.75) is 31.7 Å². The van der Waals surface area contributed by atoms with Gasteiger partial charge in [-0.2, -0.15) is 0 Å². The van der Waals surface area contributed by atoms with Crippen LogP contribution in [0.5, 0.6) is 0 Å². The maximum absolute atomic E-state index is 12.9. The maximum Gasteiger partial charge on any atom is 0.241 e. The highest BCUT2D eigenvalue weighted by Crippen LogP contribution is 2.20. The summed E-state index contributed by atoms with van der Waals surface area (Å²) in [7, 11) is -3.61. The summed E-state index contributed by atoms with van der Waals surface area (Å²) in [5.74, 6) is -0.344. The maximum atomic E-state index is 12.9. The number of nitrogens with one attached hydrogen (secondary N) is 1. The number of hydrogen-bond acceptors (Lipinski definition) is 2. The third kappa shape index (κ3) is 3.68. The van der Waals surface area contributed by atoms with E-state index in [4.69, 9.17) is 0 Å². The zero-order valence-electron chi connectivity index (χ0n) is 12.2. The van der Waals surface area contributed by atoms with Gasteiger partial charge in [-0.3, -0.25) is 0 Å². The highest BCUT2D eigenvalue weighted by Gasteiger charge is 2.20. The fourth-order valence-electron chi connectivity index (χ4n) is 2.11.